The van der Waals surface area contributed by atoms with Crippen molar-refractivity contribution in [3.8, 4) is 5.75 Å². The van der Waals surface area contributed by atoms with Crippen molar-refractivity contribution in [2.24, 2.45) is 4.99 Å². The SMILES string of the molecule is CCNC(=NCCCCNc1ccccn1)N1CCN(c2ccc(OC)cc2)CC1.I. The number of unbranched alkanes of at least 4 members (excludes halogenated alkanes) is 1. The van der Waals surface area contributed by atoms with Crippen LogP contribution < -0.4 is 20.3 Å². The summed E-state index contributed by atoms with van der Waals surface area (Å²) in [5.41, 5.74) is 1.25. The van der Waals surface area contributed by atoms with Crippen molar-refractivity contribution in [2.45, 2.75) is 19.8 Å². The quantitative estimate of drug-likeness (QED) is 0.220. The number of hydrogen-bond donors (Lipinski definition) is 2. The molecular weight excluding hydrogens is 503 g/mol. The van der Waals surface area contributed by atoms with Crippen molar-refractivity contribution in [2.75, 3.05) is 63.1 Å². The number of rotatable bonds is 9. The van der Waals surface area contributed by atoms with Crippen LogP contribution in [-0.4, -0.2) is 68.8 Å². The van der Waals surface area contributed by atoms with Crippen LogP contribution in [0.2, 0.25) is 0 Å². The number of pyridine rings is 1. The smallest absolute Gasteiger partial charge is 0.194 e. The zero-order valence-electron chi connectivity index (χ0n) is 18.6. The standard InChI is InChI=1S/C23H34N6O.HI/c1-3-24-23(27-15-7-6-14-26-22-8-4-5-13-25-22)29-18-16-28(17-19-29)20-9-11-21(30-2)12-10-20;/h4-5,8-13H,3,6-7,14-19H2,1-2H3,(H,24,27)(H,25,26);1H. The number of nitrogens with one attached hydrogen (secondary N) is 2. The molecule has 0 atom stereocenters. The Labute approximate surface area is 203 Å². The van der Waals surface area contributed by atoms with Crippen LogP contribution in [0.1, 0.15) is 19.8 Å². The first kappa shape index (κ1) is 25.0. The van der Waals surface area contributed by atoms with Gasteiger partial charge in [-0.25, -0.2) is 4.98 Å². The molecule has 0 spiro atoms. The highest BCUT2D eigenvalue weighted by molar-refractivity contribution is 14.0. The highest BCUT2D eigenvalue weighted by atomic mass is 127. The van der Waals surface area contributed by atoms with Crippen LogP contribution >= 0.6 is 24.0 Å². The van der Waals surface area contributed by atoms with E-state index in [1.807, 2.05) is 36.5 Å². The van der Waals surface area contributed by atoms with E-state index in [0.717, 1.165) is 76.2 Å². The summed E-state index contributed by atoms with van der Waals surface area (Å²) in [6.45, 7) is 8.70. The molecule has 0 aliphatic carbocycles. The summed E-state index contributed by atoms with van der Waals surface area (Å²) >= 11 is 0. The number of hydrogen-bond acceptors (Lipinski definition) is 5. The van der Waals surface area contributed by atoms with Crippen LogP contribution in [0.25, 0.3) is 0 Å². The third-order valence-electron chi connectivity index (χ3n) is 5.17. The lowest BCUT2D eigenvalue weighted by Gasteiger charge is -2.37. The average Bonchev–Trinajstić information content (AvgIpc) is 2.81. The number of aromatic nitrogens is 1. The number of anilines is 2. The van der Waals surface area contributed by atoms with E-state index in [9.17, 15) is 0 Å². The Balaban J connectivity index is 0.00000341. The van der Waals surface area contributed by atoms with Gasteiger partial charge in [0.15, 0.2) is 5.96 Å². The third-order valence-corrected chi connectivity index (χ3v) is 5.17. The van der Waals surface area contributed by atoms with Crippen molar-refractivity contribution < 1.29 is 4.74 Å². The molecule has 2 N–H and O–H groups in total. The molecule has 0 unspecified atom stereocenters. The van der Waals surface area contributed by atoms with Gasteiger partial charge in [0, 0.05) is 57.7 Å². The topological polar surface area (TPSA) is 65.0 Å². The lowest BCUT2D eigenvalue weighted by molar-refractivity contribution is 0.372. The first-order valence-electron chi connectivity index (χ1n) is 10.9. The normalized spacial score (nSPS) is 14.1. The second kappa shape index (κ2) is 14.0. The maximum absolute atomic E-state index is 5.26. The van der Waals surface area contributed by atoms with Crippen LogP contribution in [0.15, 0.2) is 53.7 Å². The van der Waals surface area contributed by atoms with Crippen LogP contribution in [-0.2, 0) is 0 Å². The van der Waals surface area contributed by atoms with E-state index in [-0.39, 0.29) is 24.0 Å². The first-order valence-corrected chi connectivity index (χ1v) is 10.9. The Kier molecular flexibility index (Phi) is 11.3. The van der Waals surface area contributed by atoms with E-state index < -0.39 is 0 Å². The minimum Gasteiger partial charge on any atom is -0.497 e. The van der Waals surface area contributed by atoms with Gasteiger partial charge in [0.1, 0.15) is 11.6 Å². The molecule has 2 heterocycles. The molecule has 1 aromatic heterocycles. The Bertz CT molecular complexity index is 763. The molecular formula is C23H35IN6O. The van der Waals surface area contributed by atoms with Gasteiger partial charge in [0.05, 0.1) is 7.11 Å². The summed E-state index contributed by atoms with van der Waals surface area (Å²) in [6.07, 6.45) is 3.94. The fourth-order valence-corrected chi connectivity index (χ4v) is 3.50. The maximum atomic E-state index is 5.26. The molecule has 0 radical (unpaired) electrons. The van der Waals surface area contributed by atoms with Crippen LogP contribution in [0, 0.1) is 0 Å². The van der Waals surface area contributed by atoms with Gasteiger partial charge in [-0.1, -0.05) is 6.07 Å². The molecule has 1 fully saturated rings. The fourth-order valence-electron chi connectivity index (χ4n) is 3.50. The van der Waals surface area contributed by atoms with Crippen LogP contribution in [0.5, 0.6) is 5.75 Å². The number of nitrogens with zero attached hydrogens (tertiary/aromatic N) is 4. The van der Waals surface area contributed by atoms with Gasteiger partial charge >= 0.3 is 0 Å². The molecule has 1 aliphatic heterocycles. The zero-order valence-corrected chi connectivity index (χ0v) is 20.9. The number of halogens is 1. The molecule has 0 bridgehead atoms. The predicted molar refractivity (Wildman–Crippen MR) is 140 cm³/mol. The highest BCUT2D eigenvalue weighted by Crippen LogP contribution is 2.20. The molecule has 1 aliphatic rings. The second-order valence-corrected chi connectivity index (χ2v) is 7.26. The van der Waals surface area contributed by atoms with Crippen LogP contribution in [0.4, 0.5) is 11.5 Å². The summed E-state index contributed by atoms with van der Waals surface area (Å²) in [6, 6.07) is 14.2. The molecule has 8 heteroatoms. The molecule has 31 heavy (non-hydrogen) atoms. The summed E-state index contributed by atoms with van der Waals surface area (Å²) in [7, 11) is 1.70. The van der Waals surface area contributed by atoms with E-state index in [4.69, 9.17) is 9.73 Å². The van der Waals surface area contributed by atoms with Gasteiger partial charge in [0.2, 0.25) is 0 Å². The Hall–Kier alpha value is -2.23. The largest absolute Gasteiger partial charge is 0.497 e. The van der Waals surface area contributed by atoms with Crippen molar-refractivity contribution in [3.05, 3.63) is 48.7 Å². The summed E-state index contributed by atoms with van der Waals surface area (Å²) in [4.78, 5) is 13.9. The summed E-state index contributed by atoms with van der Waals surface area (Å²) < 4.78 is 5.26. The van der Waals surface area contributed by atoms with Gasteiger partial charge in [-0.05, 0) is 56.2 Å². The van der Waals surface area contributed by atoms with Gasteiger partial charge in [-0.15, -0.1) is 24.0 Å². The number of aliphatic imine (C=N–C) groups is 1. The fraction of sp³-hybridized carbons (Fsp3) is 0.478. The minimum absolute atomic E-state index is 0. The van der Waals surface area contributed by atoms with E-state index in [2.05, 4.69) is 44.5 Å². The van der Waals surface area contributed by atoms with Crippen molar-refractivity contribution in [1.29, 1.82) is 0 Å². The number of ether oxygens (including phenoxy) is 1. The van der Waals surface area contributed by atoms with E-state index >= 15 is 0 Å². The van der Waals surface area contributed by atoms with Crippen LogP contribution in [0.3, 0.4) is 0 Å². The lowest BCUT2D eigenvalue weighted by atomic mass is 10.2. The van der Waals surface area contributed by atoms with E-state index in [1.54, 1.807) is 7.11 Å². The van der Waals surface area contributed by atoms with Crippen molar-refractivity contribution in [1.82, 2.24) is 15.2 Å². The lowest BCUT2D eigenvalue weighted by Crippen LogP contribution is -2.52. The monoisotopic (exact) mass is 538 g/mol. The molecule has 3 rings (SSSR count). The van der Waals surface area contributed by atoms with E-state index in [1.165, 1.54) is 5.69 Å². The Morgan fingerprint density at radius 1 is 1.06 bits per heavy atom. The average molecular weight is 538 g/mol. The zero-order chi connectivity index (χ0) is 21.0. The van der Waals surface area contributed by atoms with Crippen molar-refractivity contribution >= 4 is 41.4 Å². The van der Waals surface area contributed by atoms with Gasteiger partial charge < -0.3 is 25.2 Å². The predicted octanol–water partition coefficient (Wildman–Crippen LogP) is 3.69. The molecule has 2 aromatic rings. The number of benzene rings is 1. The van der Waals surface area contributed by atoms with Gasteiger partial charge in [-0.2, -0.15) is 0 Å². The maximum Gasteiger partial charge on any atom is 0.194 e. The molecule has 170 valence electrons. The first-order chi connectivity index (χ1) is 14.8. The Morgan fingerprint density at radius 2 is 1.84 bits per heavy atom. The number of methoxy groups -OCH3 is 1. The molecule has 7 nitrogen and oxygen atoms in total. The number of guanidine groups is 1. The van der Waals surface area contributed by atoms with E-state index in [0.29, 0.717) is 0 Å². The second-order valence-electron chi connectivity index (χ2n) is 7.26. The van der Waals surface area contributed by atoms with Gasteiger partial charge in [0.25, 0.3) is 0 Å². The Morgan fingerprint density at radius 3 is 2.48 bits per heavy atom. The summed E-state index contributed by atoms with van der Waals surface area (Å²) in [5.74, 6) is 2.86. The summed E-state index contributed by atoms with van der Waals surface area (Å²) in [5, 5.41) is 6.80. The minimum atomic E-state index is 0. The van der Waals surface area contributed by atoms with Crippen molar-refractivity contribution in [3.63, 3.8) is 0 Å². The molecule has 1 aromatic carbocycles. The molecule has 0 amide bonds. The number of piperazine rings is 1. The van der Waals surface area contributed by atoms with Gasteiger partial charge in [-0.3, -0.25) is 4.99 Å². The highest BCUT2D eigenvalue weighted by Gasteiger charge is 2.19. The molecule has 1 saturated heterocycles. The third kappa shape index (κ3) is 8.08. The molecule has 0 saturated carbocycles.